The summed E-state index contributed by atoms with van der Waals surface area (Å²) in [6, 6.07) is 18.2. The van der Waals surface area contributed by atoms with Gasteiger partial charge in [-0.05, 0) is 31.5 Å². The van der Waals surface area contributed by atoms with Gasteiger partial charge in [0.05, 0.1) is 29.5 Å². The number of nitrogens with zero attached hydrogens (tertiary/aromatic N) is 4. The summed E-state index contributed by atoms with van der Waals surface area (Å²) in [6.07, 6.45) is 0. The van der Waals surface area contributed by atoms with Gasteiger partial charge >= 0.3 is 0 Å². The minimum Gasteiger partial charge on any atom is -0.368 e. The second kappa shape index (κ2) is 10.2. The van der Waals surface area contributed by atoms with Gasteiger partial charge in [0.15, 0.2) is 0 Å². The molecule has 0 saturated carbocycles. The van der Waals surface area contributed by atoms with Crippen molar-refractivity contribution in [1.29, 1.82) is 0 Å². The molecule has 0 atom stereocenters. The smallest absolute Gasteiger partial charge is 0.234 e. The SMILES string of the molecule is Cc1nn(Cc2ccccc2)c(C)c1CNC(=O)CN1CCN(c2ccccc2Cl)CC1. The standard InChI is InChI=1S/C25H30ClN5O/c1-19-22(20(2)31(28-19)17-21-8-4-3-5-9-21)16-27-25(32)18-29-12-14-30(15-13-29)24-11-7-6-10-23(24)26/h3-11H,12-18H2,1-2H3,(H,27,32). The maximum atomic E-state index is 12.6. The molecule has 7 heteroatoms. The van der Waals surface area contributed by atoms with E-state index in [1.165, 1.54) is 5.56 Å². The van der Waals surface area contributed by atoms with Crippen LogP contribution in [0.3, 0.4) is 0 Å². The summed E-state index contributed by atoms with van der Waals surface area (Å²) in [5.41, 5.74) is 5.44. The van der Waals surface area contributed by atoms with Crippen LogP contribution in [-0.4, -0.2) is 53.3 Å². The van der Waals surface area contributed by atoms with Crippen LogP contribution in [0, 0.1) is 13.8 Å². The Labute approximate surface area is 194 Å². The second-order valence-electron chi connectivity index (χ2n) is 8.28. The van der Waals surface area contributed by atoms with Crippen LogP contribution < -0.4 is 10.2 Å². The van der Waals surface area contributed by atoms with Gasteiger partial charge in [0.2, 0.25) is 5.91 Å². The number of halogens is 1. The number of hydrogen-bond acceptors (Lipinski definition) is 4. The van der Waals surface area contributed by atoms with Crippen molar-refractivity contribution in [1.82, 2.24) is 20.0 Å². The van der Waals surface area contributed by atoms with Crippen molar-refractivity contribution in [3.8, 4) is 0 Å². The maximum absolute atomic E-state index is 12.6. The molecule has 0 bridgehead atoms. The monoisotopic (exact) mass is 451 g/mol. The Kier molecular flexibility index (Phi) is 7.12. The van der Waals surface area contributed by atoms with Crippen molar-refractivity contribution in [2.75, 3.05) is 37.6 Å². The number of carbonyl (C=O) groups is 1. The number of rotatable bonds is 7. The molecule has 1 aliphatic heterocycles. The number of hydrogen-bond donors (Lipinski definition) is 1. The van der Waals surface area contributed by atoms with Crippen molar-refractivity contribution < 1.29 is 4.79 Å². The number of para-hydroxylation sites is 1. The molecular formula is C25H30ClN5O. The van der Waals surface area contributed by atoms with Crippen molar-refractivity contribution in [2.24, 2.45) is 0 Å². The van der Waals surface area contributed by atoms with Crippen LogP contribution in [0.15, 0.2) is 54.6 Å². The molecule has 168 valence electrons. The zero-order valence-electron chi connectivity index (χ0n) is 18.7. The molecule has 6 nitrogen and oxygen atoms in total. The second-order valence-corrected chi connectivity index (χ2v) is 8.69. The summed E-state index contributed by atoms with van der Waals surface area (Å²) >= 11 is 6.32. The molecule has 4 rings (SSSR count). The van der Waals surface area contributed by atoms with Crippen molar-refractivity contribution >= 4 is 23.2 Å². The van der Waals surface area contributed by atoms with E-state index in [0.717, 1.165) is 60.4 Å². The largest absolute Gasteiger partial charge is 0.368 e. The maximum Gasteiger partial charge on any atom is 0.234 e. The number of aromatic nitrogens is 2. The number of aryl methyl sites for hydroxylation is 1. The van der Waals surface area contributed by atoms with Gasteiger partial charge in [-0.3, -0.25) is 14.4 Å². The molecule has 0 spiro atoms. The number of amides is 1. The van der Waals surface area contributed by atoms with E-state index in [4.69, 9.17) is 11.6 Å². The first kappa shape index (κ1) is 22.4. The Morgan fingerprint density at radius 1 is 1.00 bits per heavy atom. The lowest BCUT2D eigenvalue weighted by Crippen LogP contribution is -2.49. The minimum atomic E-state index is 0.0470. The van der Waals surface area contributed by atoms with Gasteiger partial charge in [0.25, 0.3) is 0 Å². The third kappa shape index (κ3) is 5.31. The van der Waals surface area contributed by atoms with Crippen molar-refractivity contribution in [2.45, 2.75) is 26.9 Å². The number of nitrogens with one attached hydrogen (secondary N) is 1. The molecule has 1 fully saturated rings. The van der Waals surface area contributed by atoms with Crippen LogP contribution in [0.2, 0.25) is 5.02 Å². The highest BCUT2D eigenvalue weighted by atomic mass is 35.5. The fourth-order valence-corrected chi connectivity index (χ4v) is 4.46. The van der Waals surface area contributed by atoms with E-state index in [1.807, 2.05) is 54.1 Å². The highest BCUT2D eigenvalue weighted by Gasteiger charge is 2.21. The molecule has 1 aliphatic rings. The van der Waals surface area contributed by atoms with Gasteiger partial charge < -0.3 is 10.2 Å². The predicted octanol–water partition coefficient (Wildman–Crippen LogP) is 3.64. The first-order valence-corrected chi connectivity index (χ1v) is 11.4. The van der Waals surface area contributed by atoms with E-state index in [1.54, 1.807) is 0 Å². The molecule has 1 amide bonds. The predicted molar refractivity (Wildman–Crippen MR) is 129 cm³/mol. The quantitative estimate of drug-likeness (QED) is 0.596. The highest BCUT2D eigenvalue weighted by Crippen LogP contribution is 2.26. The Morgan fingerprint density at radius 3 is 2.41 bits per heavy atom. The Morgan fingerprint density at radius 2 is 1.69 bits per heavy atom. The van der Waals surface area contributed by atoms with Gasteiger partial charge in [-0.25, -0.2) is 0 Å². The average molecular weight is 452 g/mol. The molecule has 1 aromatic heterocycles. The highest BCUT2D eigenvalue weighted by molar-refractivity contribution is 6.33. The minimum absolute atomic E-state index is 0.0470. The van der Waals surface area contributed by atoms with E-state index in [0.29, 0.717) is 13.1 Å². The van der Waals surface area contributed by atoms with Gasteiger partial charge in [-0.1, -0.05) is 54.1 Å². The first-order chi connectivity index (χ1) is 15.5. The number of piperazine rings is 1. The molecular weight excluding hydrogens is 422 g/mol. The Hall–Kier alpha value is -2.83. The molecule has 1 N–H and O–H groups in total. The first-order valence-electron chi connectivity index (χ1n) is 11.1. The van der Waals surface area contributed by atoms with E-state index < -0.39 is 0 Å². The van der Waals surface area contributed by atoms with Crippen LogP contribution in [0.5, 0.6) is 0 Å². The number of carbonyl (C=O) groups excluding carboxylic acids is 1. The lowest BCUT2D eigenvalue weighted by atomic mass is 10.2. The fourth-order valence-electron chi connectivity index (χ4n) is 4.20. The fraction of sp³-hybridized carbons (Fsp3) is 0.360. The van der Waals surface area contributed by atoms with Gasteiger partial charge in [-0.2, -0.15) is 5.10 Å². The summed E-state index contributed by atoms with van der Waals surface area (Å²) < 4.78 is 2.01. The van der Waals surface area contributed by atoms with Crippen LogP contribution in [-0.2, 0) is 17.9 Å². The molecule has 2 aromatic carbocycles. The van der Waals surface area contributed by atoms with E-state index in [-0.39, 0.29) is 5.91 Å². The van der Waals surface area contributed by atoms with E-state index in [9.17, 15) is 4.79 Å². The third-order valence-electron chi connectivity index (χ3n) is 6.10. The zero-order chi connectivity index (χ0) is 22.5. The Balaban J connectivity index is 1.27. The average Bonchev–Trinajstić information content (AvgIpc) is 3.06. The summed E-state index contributed by atoms with van der Waals surface area (Å²) in [4.78, 5) is 17.1. The molecule has 1 saturated heterocycles. The van der Waals surface area contributed by atoms with Gasteiger partial charge in [0.1, 0.15) is 0 Å². The van der Waals surface area contributed by atoms with Crippen molar-refractivity contribution in [3.63, 3.8) is 0 Å². The summed E-state index contributed by atoms with van der Waals surface area (Å²) in [6.45, 7) is 9.12. The molecule has 32 heavy (non-hydrogen) atoms. The number of benzene rings is 2. The van der Waals surface area contributed by atoms with Crippen molar-refractivity contribution in [3.05, 3.63) is 82.1 Å². The van der Waals surface area contributed by atoms with Crippen LogP contribution in [0.4, 0.5) is 5.69 Å². The zero-order valence-corrected chi connectivity index (χ0v) is 19.5. The lowest BCUT2D eigenvalue weighted by Gasteiger charge is -2.36. The normalized spacial score (nSPS) is 14.5. The summed E-state index contributed by atoms with van der Waals surface area (Å²) in [7, 11) is 0. The van der Waals surface area contributed by atoms with E-state index in [2.05, 4.69) is 39.3 Å². The summed E-state index contributed by atoms with van der Waals surface area (Å²) in [5, 5.41) is 8.55. The van der Waals surface area contributed by atoms with Gasteiger partial charge in [0, 0.05) is 44.0 Å². The molecule has 0 radical (unpaired) electrons. The Bertz CT molecular complexity index is 1060. The topological polar surface area (TPSA) is 53.4 Å². The summed E-state index contributed by atoms with van der Waals surface area (Å²) in [5.74, 6) is 0.0470. The molecule has 0 aliphatic carbocycles. The number of anilines is 1. The third-order valence-corrected chi connectivity index (χ3v) is 6.42. The van der Waals surface area contributed by atoms with E-state index >= 15 is 0 Å². The molecule has 2 heterocycles. The molecule has 3 aromatic rings. The lowest BCUT2D eigenvalue weighted by molar-refractivity contribution is -0.122. The van der Waals surface area contributed by atoms with Crippen LogP contribution >= 0.6 is 11.6 Å². The van der Waals surface area contributed by atoms with Crippen LogP contribution in [0.1, 0.15) is 22.5 Å². The van der Waals surface area contributed by atoms with Gasteiger partial charge in [-0.15, -0.1) is 0 Å². The van der Waals surface area contributed by atoms with Crippen LogP contribution in [0.25, 0.3) is 0 Å². The molecule has 0 unspecified atom stereocenters.